The molecule has 27 heavy (non-hydrogen) atoms. The topological polar surface area (TPSA) is 123 Å². The van der Waals surface area contributed by atoms with Crippen LogP contribution in [0.3, 0.4) is 0 Å². The van der Waals surface area contributed by atoms with Crippen molar-refractivity contribution in [3.8, 4) is 6.07 Å². The Balaban J connectivity index is 0.00000392. The standard InChI is InChI=1S/C20H26N4O3.H2/c1-20(2,3)16(25)11-17(22)23-18(26)10-15-7-8-19(27)24(15)14-6-4-5-13(9-14)12-21;/h4-6,9,11,15,18,25-26H,7-8,10H2,1-3H3,(H2,22,23);1H/b16-11-;/t15-,18?;/m0./s1. The van der Waals surface area contributed by atoms with Gasteiger partial charge in [0.25, 0.3) is 0 Å². The van der Waals surface area contributed by atoms with E-state index in [0.717, 1.165) is 0 Å². The number of hydrogen-bond acceptors (Lipinski definition) is 5. The fourth-order valence-corrected chi connectivity index (χ4v) is 2.91. The Labute approximate surface area is 160 Å². The average molecular weight is 372 g/mol. The lowest BCUT2D eigenvalue weighted by Crippen LogP contribution is -2.35. The highest BCUT2D eigenvalue weighted by atomic mass is 16.3. The van der Waals surface area contributed by atoms with Gasteiger partial charge in [-0.15, -0.1) is 0 Å². The van der Waals surface area contributed by atoms with Gasteiger partial charge < -0.3 is 20.8 Å². The molecule has 0 saturated carbocycles. The first kappa shape index (κ1) is 20.5. The average Bonchev–Trinajstić information content (AvgIpc) is 2.94. The molecule has 7 nitrogen and oxygen atoms in total. The third-order valence-electron chi connectivity index (χ3n) is 4.41. The van der Waals surface area contributed by atoms with Crippen LogP contribution in [0.1, 0.15) is 47.0 Å². The molecule has 1 saturated heterocycles. The molecule has 1 heterocycles. The number of carbonyl (C=O) groups excluding carboxylic acids is 1. The molecule has 146 valence electrons. The van der Waals surface area contributed by atoms with Crippen LogP contribution in [0.4, 0.5) is 5.69 Å². The second kappa shape index (κ2) is 8.23. The minimum absolute atomic E-state index is 0. The van der Waals surface area contributed by atoms with Gasteiger partial charge >= 0.3 is 0 Å². The van der Waals surface area contributed by atoms with Gasteiger partial charge in [-0.2, -0.15) is 5.26 Å². The van der Waals surface area contributed by atoms with Crippen LogP contribution in [-0.2, 0) is 4.79 Å². The second-order valence-electron chi connectivity index (χ2n) is 7.67. The van der Waals surface area contributed by atoms with Gasteiger partial charge in [-0.25, -0.2) is 4.99 Å². The zero-order valence-corrected chi connectivity index (χ0v) is 15.9. The predicted molar refractivity (Wildman–Crippen MR) is 106 cm³/mol. The van der Waals surface area contributed by atoms with Gasteiger partial charge in [0.1, 0.15) is 17.8 Å². The maximum Gasteiger partial charge on any atom is 0.227 e. The first-order valence-corrected chi connectivity index (χ1v) is 8.86. The van der Waals surface area contributed by atoms with E-state index < -0.39 is 11.6 Å². The number of nitrogens with two attached hydrogens (primary N) is 1. The Bertz CT molecular complexity index is 808. The number of rotatable bonds is 5. The smallest absolute Gasteiger partial charge is 0.227 e. The summed E-state index contributed by atoms with van der Waals surface area (Å²) in [7, 11) is 0. The quantitative estimate of drug-likeness (QED) is 0.417. The summed E-state index contributed by atoms with van der Waals surface area (Å²) < 4.78 is 0. The van der Waals surface area contributed by atoms with Crippen LogP contribution in [0.15, 0.2) is 41.1 Å². The van der Waals surface area contributed by atoms with Crippen molar-refractivity contribution in [1.82, 2.24) is 0 Å². The summed E-state index contributed by atoms with van der Waals surface area (Å²) in [6.07, 6.45) is 1.40. The molecule has 1 amide bonds. The third-order valence-corrected chi connectivity index (χ3v) is 4.41. The molecule has 4 N–H and O–H groups in total. The van der Waals surface area contributed by atoms with Gasteiger partial charge in [-0.05, 0) is 24.6 Å². The normalized spacial score (nSPS) is 19.9. The van der Waals surface area contributed by atoms with E-state index in [2.05, 4.69) is 11.1 Å². The van der Waals surface area contributed by atoms with E-state index in [9.17, 15) is 15.0 Å². The number of nitriles is 1. The maximum absolute atomic E-state index is 12.3. The highest BCUT2D eigenvalue weighted by molar-refractivity contribution is 5.96. The molecule has 1 aliphatic heterocycles. The molecule has 7 heteroatoms. The zero-order valence-electron chi connectivity index (χ0n) is 15.9. The minimum Gasteiger partial charge on any atom is -0.512 e. The predicted octanol–water partition coefficient (Wildman–Crippen LogP) is 2.85. The van der Waals surface area contributed by atoms with Gasteiger partial charge in [0.15, 0.2) is 0 Å². The van der Waals surface area contributed by atoms with E-state index in [-0.39, 0.29) is 31.4 Å². The largest absolute Gasteiger partial charge is 0.512 e. The Morgan fingerprint density at radius 3 is 2.89 bits per heavy atom. The molecule has 0 aliphatic carbocycles. The highest BCUT2D eigenvalue weighted by Gasteiger charge is 2.33. The summed E-state index contributed by atoms with van der Waals surface area (Å²) in [6.45, 7) is 5.50. The number of allylic oxidation sites excluding steroid dienone is 1. The molecule has 0 bridgehead atoms. The number of anilines is 1. The van der Waals surface area contributed by atoms with Crippen LogP contribution >= 0.6 is 0 Å². The van der Waals surface area contributed by atoms with E-state index in [1.165, 1.54) is 6.08 Å². The Morgan fingerprint density at radius 2 is 2.26 bits per heavy atom. The molecule has 0 spiro atoms. The van der Waals surface area contributed by atoms with Crippen molar-refractivity contribution in [2.75, 3.05) is 4.90 Å². The van der Waals surface area contributed by atoms with Crippen molar-refractivity contribution in [2.24, 2.45) is 16.1 Å². The van der Waals surface area contributed by atoms with E-state index in [1.54, 1.807) is 29.2 Å². The molecule has 2 atom stereocenters. The first-order valence-electron chi connectivity index (χ1n) is 8.86. The Hall–Kier alpha value is -2.85. The molecule has 1 aromatic rings. The SMILES string of the molecule is CC(C)(C)/C(O)=C/C(N)=N\C(O)C[C@@H]1CCC(=O)N1c1cccc(C#N)c1.[HH]. The number of carbonyl (C=O) groups is 1. The fourth-order valence-electron chi connectivity index (χ4n) is 2.91. The number of amidine groups is 1. The van der Waals surface area contributed by atoms with E-state index in [1.807, 2.05) is 20.8 Å². The zero-order chi connectivity index (χ0) is 20.2. The molecule has 1 unspecified atom stereocenters. The van der Waals surface area contributed by atoms with Crippen molar-refractivity contribution in [3.63, 3.8) is 0 Å². The molecular formula is C20H28N4O3. The lowest BCUT2D eigenvalue weighted by molar-refractivity contribution is -0.117. The minimum atomic E-state index is -1.11. The van der Waals surface area contributed by atoms with E-state index >= 15 is 0 Å². The number of hydrogen-bond donors (Lipinski definition) is 3. The van der Waals surface area contributed by atoms with Crippen LogP contribution < -0.4 is 10.6 Å². The van der Waals surface area contributed by atoms with E-state index in [4.69, 9.17) is 11.0 Å². The number of nitrogens with zero attached hydrogens (tertiary/aromatic N) is 3. The van der Waals surface area contributed by atoms with Gasteiger partial charge in [-0.1, -0.05) is 26.8 Å². The van der Waals surface area contributed by atoms with Crippen LogP contribution in [0.25, 0.3) is 0 Å². The molecule has 0 radical (unpaired) electrons. The Kier molecular flexibility index (Phi) is 6.24. The summed E-state index contributed by atoms with van der Waals surface area (Å²) in [5, 5.41) is 29.3. The number of aliphatic hydroxyl groups excluding tert-OH is 2. The summed E-state index contributed by atoms with van der Waals surface area (Å²) in [5.41, 5.74) is 6.43. The van der Waals surface area contributed by atoms with Crippen LogP contribution in [-0.4, -0.2) is 34.2 Å². The first-order chi connectivity index (χ1) is 12.6. The molecule has 2 rings (SSSR count). The van der Waals surface area contributed by atoms with Crippen LogP contribution in [0.5, 0.6) is 0 Å². The molecule has 1 aliphatic rings. The summed E-state index contributed by atoms with van der Waals surface area (Å²) in [6, 6.07) is 8.65. The number of aliphatic imine (C=N–C) groups is 1. The maximum atomic E-state index is 12.3. The second-order valence-corrected chi connectivity index (χ2v) is 7.67. The van der Waals surface area contributed by atoms with Gasteiger partial charge in [-0.3, -0.25) is 4.79 Å². The molecule has 1 aromatic carbocycles. The number of benzene rings is 1. The van der Waals surface area contributed by atoms with Crippen molar-refractivity contribution in [3.05, 3.63) is 41.7 Å². The third kappa shape index (κ3) is 5.31. The van der Waals surface area contributed by atoms with Crippen molar-refractivity contribution in [2.45, 2.75) is 52.3 Å². The van der Waals surface area contributed by atoms with Gasteiger partial charge in [0, 0.05) is 37.5 Å². The molecule has 1 fully saturated rings. The molecule has 0 aromatic heterocycles. The van der Waals surface area contributed by atoms with Crippen molar-refractivity contribution >= 4 is 17.4 Å². The van der Waals surface area contributed by atoms with Gasteiger partial charge in [0.2, 0.25) is 5.91 Å². The van der Waals surface area contributed by atoms with E-state index in [0.29, 0.717) is 24.1 Å². The van der Waals surface area contributed by atoms with Crippen molar-refractivity contribution < 1.29 is 16.4 Å². The highest BCUT2D eigenvalue weighted by Crippen LogP contribution is 2.30. The monoisotopic (exact) mass is 372 g/mol. The number of amides is 1. The fraction of sp³-hybridized carbons (Fsp3) is 0.450. The van der Waals surface area contributed by atoms with Crippen LogP contribution in [0, 0.1) is 16.7 Å². The van der Waals surface area contributed by atoms with Crippen LogP contribution in [0.2, 0.25) is 0 Å². The van der Waals surface area contributed by atoms with Gasteiger partial charge in [0.05, 0.1) is 11.6 Å². The molecular weight excluding hydrogens is 344 g/mol. The summed E-state index contributed by atoms with van der Waals surface area (Å²) in [4.78, 5) is 17.9. The lowest BCUT2D eigenvalue weighted by Gasteiger charge is -2.26. The summed E-state index contributed by atoms with van der Waals surface area (Å²) in [5.74, 6) is 0.0451. The summed E-state index contributed by atoms with van der Waals surface area (Å²) >= 11 is 0. The lowest BCUT2D eigenvalue weighted by atomic mass is 9.93. The van der Waals surface area contributed by atoms with Crippen molar-refractivity contribution in [1.29, 1.82) is 5.26 Å². The number of aliphatic hydroxyl groups is 2. The Morgan fingerprint density at radius 1 is 1.56 bits per heavy atom.